The molecule has 23 heavy (non-hydrogen) atoms. The summed E-state index contributed by atoms with van der Waals surface area (Å²) in [5.74, 6) is -3.15. The van der Waals surface area contributed by atoms with Gasteiger partial charge in [-0.3, -0.25) is 14.4 Å². The summed E-state index contributed by atoms with van der Waals surface area (Å²) in [6, 6.07) is 4.49. The number of hydrogen-bond donors (Lipinski definition) is 2. The molecule has 0 spiro atoms. The number of amides is 2. The number of carbonyl (C=O) groups excluding carboxylic acids is 3. The molecule has 1 rings (SSSR count). The van der Waals surface area contributed by atoms with Gasteiger partial charge in [0.25, 0.3) is 0 Å². The topological polar surface area (TPSA) is 75.3 Å². The molecule has 0 heterocycles. The number of anilines is 1. The van der Waals surface area contributed by atoms with Crippen LogP contribution in [0.1, 0.15) is 36.7 Å². The van der Waals surface area contributed by atoms with Crippen molar-refractivity contribution >= 4 is 23.3 Å². The predicted octanol–water partition coefficient (Wildman–Crippen LogP) is 2.59. The minimum Gasteiger partial charge on any atom is -0.334 e. The fourth-order valence-corrected chi connectivity index (χ4v) is 1.84. The van der Waals surface area contributed by atoms with E-state index in [4.69, 9.17) is 0 Å². The Morgan fingerprint density at radius 1 is 1.04 bits per heavy atom. The van der Waals surface area contributed by atoms with Gasteiger partial charge in [-0.15, -0.1) is 0 Å². The van der Waals surface area contributed by atoms with Gasteiger partial charge in [0.2, 0.25) is 5.91 Å². The zero-order valence-electron chi connectivity index (χ0n) is 13.1. The molecule has 8 heteroatoms. The maximum atomic E-state index is 12.3. The first-order valence-electron chi connectivity index (χ1n) is 6.67. The molecule has 126 valence electrons. The second-order valence-electron chi connectivity index (χ2n) is 5.62. The molecule has 2 amide bonds. The van der Waals surface area contributed by atoms with Gasteiger partial charge in [-0.25, -0.2) is 0 Å². The van der Waals surface area contributed by atoms with Crippen LogP contribution in [-0.4, -0.2) is 29.3 Å². The van der Waals surface area contributed by atoms with Crippen molar-refractivity contribution < 1.29 is 27.6 Å². The third kappa shape index (κ3) is 4.80. The number of halogens is 3. The number of Topliss-reactive ketones (excluding diaryl/α,β-unsaturated/α-hetero) is 1. The summed E-state index contributed by atoms with van der Waals surface area (Å²) in [6.45, 7) is 5.38. The highest BCUT2D eigenvalue weighted by Crippen LogP contribution is 2.19. The van der Waals surface area contributed by atoms with E-state index in [9.17, 15) is 27.6 Å². The number of aryl methyl sites for hydroxylation is 1. The normalized spacial score (nSPS) is 11.8. The monoisotopic (exact) mass is 330 g/mol. The molecule has 0 radical (unpaired) electrons. The van der Waals surface area contributed by atoms with Crippen LogP contribution in [0.5, 0.6) is 0 Å². The van der Waals surface area contributed by atoms with Crippen molar-refractivity contribution in [1.82, 2.24) is 5.32 Å². The van der Waals surface area contributed by atoms with Crippen molar-refractivity contribution in [2.45, 2.75) is 39.4 Å². The van der Waals surface area contributed by atoms with E-state index in [1.165, 1.54) is 25.1 Å². The van der Waals surface area contributed by atoms with E-state index in [0.717, 1.165) is 13.8 Å². The molecular formula is C15H17F3N2O3. The Hall–Kier alpha value is -2.38. The molecule has 0 saturated carbocycles. The van der Waals surface area contributed by atoms with E-state index in [0.29, 0.717) is 16.8 Å². The first kappa shape index (κ1) is 18.7. The summed E-state index contributed by atoms with van der Waals surface area (Å²) in [5, 5.41) is 4.04. The lowest BCUT2D eigenvalue weighted by Gasteiger charge is -2.25. The Balaban J connectivity index is 2.88. The summed E-state index contributed by atoms with van der Waals surface area (Å²) >= 11 is 0. The number of rotatable bonds is 4. The summed E-state index contributed by atoms with van der Waals surface area (Å²) in [6.07, 6.45) is -5.07. The van der Waals surface area contributed by atoms with Gasteiger partial charge >= 0.3 is 12.1 Å². The molecule has 0 unspecified atom stereocenters. The molecule has 0 atom stereocenters. The van der Waals surface area contributed by atoms with Crippen LogP contribution in [0.4, 0.5) is 18.9 Å². The van der Waals surface area contributed by atoms with Crippen LogP contribution in [0.2, 0.25) is 0 Å². The summed E-state index contributed by atoms with van der Waals surface area (Å²) in [5.41, 5.74) is -0.355. The SMILES string of the molecule is CC(=O)c1ccc(NC(=O)C(C)(C)NC(=O)C(F)(F)F)cc1C. The van der Waals surface area contributed by atoms with E-state index >= 15 is 0 Å². The van der Waals surface area contributed by atoms with Crippen LogP contribution in [-0.2, 0) is 9.59 Å². The van der Waals surface area contributed by atoms with Crippen LogP contribution in [0, 0.1) is 6.92 Å². The number of alkyl halides is 3. The molecule has 2 N–H and O–H groups in total. The molecule has 5 nitrogen and oxygen atoms in total. The third-order valence-corrected chi connectivity index (χ3v) is 3.11. The number of hydrogen-bond acceptors (Lipinski definition) is 3. The second kappa shape index (κ2) is 6.39. The fraction of sp³-hybridized carbons (Fsp3) is 0.400. The zero-order valence-corrected chi connectivity index (χ0v) is 13.1. The van der Waals surface area contributed by atoms with Crippen LogP contribution >= 0.6 is 0 Å². The molecule has 0 aromatic heterocycles. The Morgan fingerprint density at radius 3 is 2.04 bits per heavy atom. The fourth-order valence-electron chi connectivity index (χ4n) is 1.84. The minimum absolute atomic E-state index is 0.141. The smallest absolute Gasteiger partial charge is 0.334 e. The van der Waals surface area contributed by atoms with Crippen molar-refractivity contribution in [2.24, 2.45) is 0 Å². The van der Waals surface area contributed by atoms with E-state index in [2.05, 4.69) is 5.32 Å². The molecule has 1 aromatic carbocycles. The van der Waals surface area contributed by atoms with E-state index in [-0.39, 0.29) is 5.78 Å². The van der Waals surface area contributed by atoms with Crippen LogP contribution in [0.15, 0.2) is 18.2 Å². The summed E-state index contributed by atoms with van der Waals surface area (Å²) < 4.78 is 36.8. The van der Waals surface area contributed by atoms with Gasteiger partial charge in [-0.05, 0) is 51.5 Å². The first-order valence-corrected chi connectivity index (χ1v) is 6.67. The molecule has 0 aliphatic carbocycles. The predicted molar refractivity (Wildman–Crippen MR) is 78.1 cm³/mol. The van der Waals surface area contributed by atoms with Gasteiger partial charge in [-0.2, -0.15) is 13.2 Å². The van der Waals surface area contributed by atoms with Crippen molar-refractivity contribution in [3.63, 3.8) is 0 Å². The van der Waals surface area contributed by atoms with Gasteiger partial charge in [0.15, 0.2) is 5.78 Å². The maximum absolute atomic E-state index is 12.3. The van der Waals surface area contributed by atoms with Crippen molar-refractivity contribution in [3.05, 3.63) is 29.3 Å². The van der Waals surface area contributed by atoms with Crippen molar-refractivity contribution in [1.29, 1.82) is 0 Å². The number of ketones is 1. The van der Waals surface area contributed by atoms with Gasteiger partial charge < -0.3 is 10.6 Å². The molecule has 1 aromatic rings. The lowest BCUT2D eigenvalue weighted by Crippen LogP contribution is -2.55. The number of nitrogens with one attached hydrogen (secondary N) is 2. The third-order valence-electron chi connectivity index (χ3n) is 3.11. The van der Waals surface area contributed by atoms with E-state index < -0.39 is 23.5 Å². The molecule has 0 bridgehead atoms. The van der Waals surface area contributed by atoms with Crippen LogP contribution in [0.25, 0.3) is 0 Å². The highest BCUT2D eigenvalue weighted by atomic mass is 19.4. The quantitative estimate of drug-likeness (QED) is 0.833. The maximum Gasteiger partial charge on any atom is 0.471 e. The Labute approximate surface area is 131 Å². The lowest BCUT2D eigenvalue weighted by atomic mass is 10.0. The average molecular weight is 330 g/mol. The van der Waals surface area contributed by atoms with E-state index in [1.807, 2.05) is 0 Å². The van der Waals surface area contributed by atoms with E-state index in [1.54, 1.807) is 12.2 Å². The Morgan fingerprint density at radius 2 is 1.61 bits per heavy atom. The molecular weight excluding hydrogens is 313 g/mol. The van der Waals surface area contributed by atoms with Crippen LogP contribution in [0.3, 0.4) is 0 Å². The van der Waals surface area contributed by atoms with Crippen molar-refractivity contribution in [3.8, 4) is 0 Å². The van der Waals surface area contributed by atoms with Gasteiger partial charge in [-0.1, -0.05) is 0 Å². The lowest BCUT2D eigenvalue weighted by molar-refractivity contribution is -0.175. The van der Waals surface area contributed by atoms with Crippen molar-refractivity contribution in [2.75, 3.05) is 5.32 Å². The van der Waals surface area contributed by atoms with Gasteiger partial charge in [0.1, 0.15) is 5.54 Å². The summed E-state index contributed by atoms with van der Waals surface area (Å²) in [7, 11) is 0. The first-order chi connectivity index (χ1) is 10.3. The standard InChI is InChI=1S/C15H17F3N2O3/c1-8-7-10(5-6-11(8)9(2)21)19-12(22)14(3,4)20-13(23)15(16,17)18/h5-7H,1-4H3,(H,19,22)(H,20,23). The molecule has 0 aliphatic heterocycles. The number of benzene rings is 1. The van der Waals surface area contributed by atoms with Gasteiger partial charge in [0, 0.05) is 11.3 Å². The molecule has 0 aliphatic rings. The highest BCUT2D eigenvalue weighted by molar-refractivity contribution is 6.01. The largest absolute Gasteiger partial charge is 0.471 e. The molecule has 0 fully saturated rings. The zero-order chi connectivity index (χ0) is 18.0. The highest BCUT2D eigenvalue weighted by Gasteiger charge is 2.43. The average Bonchev–Trinajstić information content (AvgIpc) is 2.36. The van der Waals surface area contributed by atoms with Gasteiger partial charge in [0.05, 0.1) is 0 Å². The van der Waals surface area contributed by atoms with Crippen LogP contribution < -0.4 is 10.6 Å². The Bertz CT molecular complexity index is 652. The number of carbonyl (C=O) groups is 3. The second-order valence-corrected chi connectivity index (χ2v) is 5.62. The minimum atomic E-state index is -5.07. The Kier molecular flexibility index (Phi) is 5.19. The molecule has 0 saturated heterocycles. The summed E-state index contributed by atoms with van der Waals surface area (Å²) in [4.78, 5) is 34.4.